The van der Waals surface area contributed by atoms with E-state index >= 15 is 0 Å². The van der Waals surface area contributed by atoms with E-state index < -0.39 is 0 Å². The van der Waals surface area contributed by atoms with Gasteiger partial charge >= 0.3 is 0 Å². The Morgan fingerprint density at radius 3 is 2.55 bits per heavy atom. The quantitative estimate of drug-likeness (QED) is 0.883. The van der Waals surface area contributed by atoms with Crippen LogP contribution in [0.5, 0.6) is 0 Å². The van der Waals surface area contributed by atoms with Crippen LogP contribution in [0.2, 0.25) is 0 Å². The minimum absolute atomic E-state index is 0.372. The fourth-order valence-corrected chi connectivity index (χ4v) is 3.31. The first-order valence-corrected chi connectivity index (χ1v) is 8.07. The highest BCUT2D eigenvalue weighted by Crippen LogP contribution is 2.27. The molecule has 1 aliphatic carbocycles. The van der Waals surface area contributed by atoms with E-state index in [0.717, 1.165) is 24.4 Å². The Hall–Kier alpha value is -0.860. The number of hydrogen-bond donors (Lipinski definition) is 1. The van der Waals surface area contributed by atoms with Crippen LogP contribution in [0, 0.1) is 5.92 Å². The van der Waals surface area contributed by atoms with E-state index in [9.17, 15) is 5.11 Å². The predicted molar refractivity (Wildman–Crippen MR) is 84.8 cm³/mol. The fraction of sp³-hybridized carbons (Fsp3) is 0.667. The summed E-state index contributed by atoms with van der Waals surface area (Å²) in [6.07, 6.45) is 5.93. The van der Waals surface area contributed by atoms with Crippen molar-refractivity contribution in [3.8, 4) is 0 Å². The molecular weight excluding hydrogens is 246 g/mol. The van der Waals surface area contributed by atoms with Gasteiger partial charge in [0.25, 0.3) is 0 Å². The van der Waals surface area contributed by atoms with Gasteiger partial charge in [-0.1, -0.05) is 51.0 Å². The van der Waals surface area contributed by atoms with E-state index in [4.69, 9.17) is 0 Å². The normalized spacial score (nSPS) is 24.9. The summed E-state index contributed by atoms with van der Waals surface area (Å²) in [6, 6.07) is 9.03. The van der Waals surface area contributed by atoms with Gasteiger partial charge in [-0.3, -0.25) is 0 Å². The van der Waals surface area contributed by atoms with Gasteiger partial charge in [-0.05, 0) is 43.4 Å². The van der Waals surface area contributed by atoms with Crippen molar-refractivity contribution in [2.45, 2.75) is 58.1 Å². The number of likely N-dealkylation sites (N-methyl/N-ethyl adjacent to an activating group) is 1. The molecule has 1 aliphatic rings. The second-order valence-corrected chi connectivity index (χ2v) is 6.48. The molecule has 0 heterocycles. The zero-order valence-electron chi connectivity index (χ0n) is 13.2. The van der Waals surface area contributed by atoms with Gasteiger partial charge in [-0.15, -0.1) is 0 Å². The fourth-order valence-electron chi connectivity index (χ4n) is 3.31. The number of hydrogen-bond acceptors (Lipinski definition) is 2. The van der Waals surface area contributed by atoms with Crippen molar-refractivity contribution in [2.24, 2.45) is 5.92 Å². The minimum Gasteiger partial charge on any atom is -0.387 e. The lowest BCUT2D eigenvalue weighted by atomic mass is 9.86. The van der Waals surface area contributed by atoms with Crippen LogP contribution in [0.15, 0.2) is 24.3 Å². The summed E-state index contributed by atoms with van der Waals surface area (Å²) < 4.78 is 0. The third-order valence-corrected chi connectivity index (χ3v) is 4.77. The summed E-state index contributed by atoms with van der Waals surface area (Å²) in [5.41, 5.74) is 2.37. The van der Waals surface area contributed by atoms with E-state index in [1.807, 2.05) is 0 Å². The molecule has 2 heteroatoms. The first kappa shape index (κ1) is 15.5. The largest absolute Gasteiger partial charge is 0.387 e. The highest BCUT2D eigenvalue weighted by Gasteiger charge is 2.23. The van der Waals surface area contributed by atoms with Crippen molar-refractivity contribution in [3.05, 3.63) is 35.4 Å². The maximum atomic E-state index is 10.4. The van der Waals surface area contributed by atoms with Crippen LogP contribution >= 0.6 is 0 Å². The van der Waals surface area contributed by atoms with Crippen LogP contribution in [0.1, 0.15) is 56.8 Å². The van der Waals surface area contributed by atoms with Crippen LogP contribution in [-0.4, -0.2) is 29.6 Å². The van der Waals surface area contributed by atoms with E-state index in [-0.39, 0.29) is 6.10 Å². The molecule has 0 saturated heterocycles. The van der Waals surface area contributed by atoms with Crippen LogP contribution < -0.4 is 0 Å². The molecule has 2 nitrogen and oxygen atoms in total. The summed E-state index contributed by atoms with van der Waals surface area (Å²) in [5, 5.41) is 10.4. The molecule has 0 aromatic heterocycles. The van der Waals surface area contributed by atoms with Crippen LogP contribution in [0.4, 0.5) is 0 Å². The third kappa shape index (κ3) is 4.07. The second-order valence-electron chi connectivity index (χ2n) is 6.48. The number of benzene rings is 1. The highest BCUT2D eigenvalue weighted by atomic mass is 16.3. The first-order chi connectivity index (χ1) is 9.60. The lowest BCUT2D eigenvalue weighted by Gasteiger charge is -2.35. The lowest BCUT2D eigenvalue weighted by molar-refractivity contribution is 0.0831. The number of rotatable bonds is 5. The monoisotopic (exact) mass is 275 g/mol. The molecule has 0 aliphatic heterocycles. The lowest BCUT2D eigenvalue weighted by Crippen LogP contribution is -2.38. The van der Waals surface area contributed by atoms with Crippen molar-refractivity contribution in [1.29, 1.82) is 0 Å². The molecule has 3 unspecified atom stereocenters. The molecule has 20 heavy (non-hydrogen) atoms. The molecule has 1 fully saturated rings. The van der Waals surface area contributed by atoms with Crippen molar-refractivity contribution in [2.75, 3.05) is 13.6 Å². The summed E-state index contributed by atoms with van der Waals surface area (Å²) in [5.74, 6) is 0.831. The van der Waals surface area contributed by atoms with Gasteiger partial charge in [0.1, 0.15) is 0 Å². The van der Waals surface area contributed by atoms with E-state index in [2.05, 4.69) is 50.1 Å². The predicted octanol–water partition coefficient (Wildman–Crippen LogP) is 3.79. The van der Waals surface area contributed by atoms with Crippen LogP contribution in [0.25, 0.3) is 0 Å². The Kier molecular flexibility index (Phi) is 5.62. The van der Waals surface area contributed by atoms with Crippen molar-refractivity contribution < 1.29 is 5.11 Å². The standard InChI is InChI=1S/C18H29NO/c1-4-15-8-10-16(11-9-15)18(20)13-19(3)17-7-5-6-14(2)12-17/h8-11,14,17-18,20H,4-7,12-13H2,1-3H3. The van der Waals surface area contributed by atoms with Gasteiger partial charge in [0.05, 0.1) is 6.10 Å². The molecular formula is C18H29NO. The van der Waals surface area contributed by atoms with Gasteiger partial charge in [0.15, 0.2) is 0 Å². The molecule has 1 saturated carbocycles. The van der Waals surface area contributed by atoms with E-state index in [1.165, 1.54) is 31.2 Å². The number of aryl methyl sites for hydroxylation is 1. The maximum Gasteiger partial charge on any atom is 0.0916 e. The molecule has 112 valence electrons. The smallest absolute Gasteiger partial charge is 0.0916 e. The van der Waals surface area contributed by atoms with Crippen molar-refractivity contribution in [3.63, 3.8) is 0 Å². The average molecular weight is 275 g/mol. The molecule has 0 bridgehead atoms. The van der Waals surface area contributed by atoms with Gasteiger partial charge in [-0.2, -0.15) is 0 Å². The summed E-state index contributed by atoms with van der Waals surface area (Å²) >= 11 is 0. The zero-order chi connectivity index (χ0) is 14.5. The Bertz CT molecular complexity index is 400. The molecule has 0 spiro atoms. The zero-order valence-corrected chi connectivity index (χ0v) is 13.2. The second kappa shape index (κ2) is 7.24. The molecule has 1 aromatic rings. The summed E-state index contributed by atoms with van der Waals surface area (Å²) in [4.78, 5) is 2.36. The van der Waals surface area contributed by atoms with Gasteiger partial charge in [0, 0.05) is 12.6 Å². The molecule has 3 atom stereocenters. The van der Waals surface area contributed by atoms with Gasteiger partial charge in [-0.25, -0.2) is 0 Å². The third-order valence-electron chi connectivity index (χ3n) is 4.77. The highest BCUT2D eigenvalue weighted by molar-refractivity contribution is 5.24. The average Bonchev–Trinajstić information content (AvgIpc) is 2.47. The number of aliphatic hydroxyl groups excluding tert-OH is 1. The van der Waals surface area contributed by atoms with Crippen LogP contribution in [-0.2, 0) is 6.42 Å². The number of nitrogens with zero attached hydrogens (tertiary/aromatic N) is 1. The maximum absolute atomic E-state index is 10.4. The molecule has 1 N–H and O–H groups in total. The topological polar surface area (TPSA) is 23.5 Å². The van der Waals surface area contributed by atoms with E-state index in [0.29, 0.717) is 6.04 Å². The number of aliphatic hydroxyl groups is 1. The van der Waals surface area contributed by atoms with Crippen molar-refractivity contribution >= 4 is 0 Å². The first-order valence-electron chi connectivity index (χ1n) is 8.07. The van der Waals surface area contributed by atoms with Crippen LogP contribution in [0.3, 0.4) is 0 Å². The Labute approximate surface area is 123 Å². The summed E-state index contributed by atoms with van der Waals surface area (Å²) in [6.45, 7) is 5.24. The Morgan fingerprint density at radius 2 is 1.95 bits per heavy atom. The molecule has 2 rings (SSSR count). The van der Waals surface area contributed by atoms with Crippen molar-refractivity contribution in [1.82, 2.24) is 4.90 Å². The molecule has 0 radical (unpaired) electrons. The van der Waals surface area contributed by atoms with Gasteiger partial charge < -0.3 is 10.0 Å². The Balaban J connectivity index is 1.90. The Morgan fingerprint density at radius 1 is 1.25 bits per heavy atom. The molecule has 0 amide bonds. The van der Waals surface area contributed by atoms with Gasteiger partial charge in [0.2, 0.25) is 0 Å². The molecule has 1 aromatic carbocycles. The van der Waals surface area contributed by atoms with E-state index in [1.54, 1.807) is 0 Å². The summed E-state index contributed by atoms with van der Waals surface area (Å²) in [7, 11) is 2.16. The SMILES string of the molecule is CCc1ccc(C(O)CN(C)C2CCCC(C)C2)cc1. The minimum atomic E-state index is -0.372.